The monoisotopic (exact) mass is 284 g/mol. The first-order chi connectivity index (χ1) is 10.0. The van der Waals surface area contributed by atoms with E-state index in [0.29, 0.717) is 11.1 Å². The number of phenolic OH excluding ortho intramolecular Hbond substituents is 1. The number of nitro groups is 1. The van der Waals surface area contributed by atoms with Crippen molar-refractivity contribution in [3.8, 4) is 11.8 Å². The van der Waals surface area contributed by atoms with Gasteiger partial charge in [-0.3, -0.25) is 10.1 Å². The molecule has 0 aliphatic rings. The van der Waals surface area contributed by atoms with Crippen LogP contribution in [0.15, 0.2) is 42.5 Å². The van der Waals surface area contributed by atoms with Crippen LogP contribution in [0.1, 0.15) is 11.1 Å². The molecule has 21 heavy (non-hydrogen) atoms. The smallest absolute Gasteiger partial charge is 0.311 e. The highest BCUT2D eigenvalue weighted by Crippen LogP contribution is 2.28. The van der Waals surface area contributed by atoms with Crippen LogP contribution in [0.2, 0.25) is 0 Å². The van der Waals surface area contributed by atoms with Gasteiger partial charge >= 0.3 is 5.69 Å². The Bertz CT molecular complexity index is 761. The van der Waals surface area contributed by atoms with Gasteiger partial charge in [-0.2, -0.15) is 5.26 Å². The van der Waals surface area contributed by atoms with E-state index in [1.54, 1.807) is 0 Å². The number of hydrogen-bond donors (Lipinski definition) is 1. The Labute approximate surface area is 119 Å². The van der Waals surface area contributed by atoms with E-state index in [-0.39, 0.29) is 5.57 Å². The van der Waals surface area contributed by atoms with Gasteiger partial charge in [0.15, 0.2) is 5.75 Å². The Morgan fingerprint density at radius 1 is 1.29 bits per heavy atom. The van der Waals surface area contributed by atoms with Crippen molar-refractivity contribution in [2.45, 2.75) is 0 Å². The van der Waals surface area contributed by atoms with Crippen molar-refractivity contribution in [1.82, 2.24) is 0 Å². The molecule has 0 saturated carbocycles. The molecule has 0 amide bonds. The molecule has 0 aliphatic carbocycles. The normalized spacial score (nSPS) is 11.0. The molecule has 1 N–H and O–H groups in total. The van der Waals surface area contributed by atoms with E-state index < -0.39 is 22.2 Å². The predicted octanol–water partition coefficient (Wildman–Crippen LogP) is 3.50. The number of nitriles is 1. The molecule has 2 aromatic carbocycles. The molecule has 0 atom stereocenters. The molecule has 0 spiro atoms. The summed E-state index contributed by atoms with van der Waals surface area (Å²) < 4.78 is 12.9. The fraction of sp³-hybridized carbons (Fsp3) is 0. The van der Waals surface area contributed by atoms with Crippen molar-refractivity contribution in [1.29, 1.82) is 5.26 Å². The molecule has 6 heteroatoms. The minimum absolute atomic E-state index is 0.231. The Morgan fingerprint density at radius 3 is 2.52 bits per heavy atom. The predicted molar refractivity (Wildman–Crippen MR) is 74.6 cm³/mol. The highest BCUT2D eigenvalue weighted by Gasteiger charge is 2.13. The molecule has 5 nitrogen and oxygen atoms in total. The standard InChI is InChI=1S/C15H9FN2O3/c16-13-4-2-11(3-5-13)12(9-17)7-10-1-6-15(19)14(8-10)18(20)21/h1-8,19H. The maximum Gasteiger partial charge on any atom is 0.311 e. The highest BCUT2D eigenvalue weighted by atomic mass is 19.1. The lowest BCUT2D eigenvalue weighted by molar-refractivity contribution is -0.385. The zero-order valence-corrected chi connectivity index (χ0v) is 10.7. The van der Waals surface area contributed by atoms with Crippen molar-refractivity contribution in [2.75, 3.05) is 0 Å². The minimum Gasteiger partial charge on any atom is -0.502 e. The van der Waals surface area contributed by atoms with Crippen LogP contribution in [0.4, 0.5) is 10.1 Å². The van der Waals surface area contributed by atoms with E-state index in [0.717, 1.165) is 6.07 Å². The molecule has 2 rings (SSSR count). The lowest BCUT2D eigenvalue weighted by Crippen LogP contribution is -1.89. The second-order valence-electron chi connectivity index (χ2n) is 4.18. The fourth-order valence-corrected chi connectivity index (χ4v) is 1.75. The summed E-state index contributed by atoms with van der Waals surface area (Å²) in [6.07, 6.45) is 1.43. The van der Waals surface area contributed by atoms with Crippen molar-refractivity contribution in [2.24, 2.45) is 0 Å². The number of nitrogens with zero attached hydrogens (tertiary/aromatic N) is 2. The molecule has 2 aromatic rings. The second-order valence-corrected chi connectivity index (χ2v) is 4.18. The molecule has 0 fully saturated rings. The summed E-state index contributed by atoms with van der Waals surface area (Å²) in [6, 6.07) is 11.1. The maximum atomic E-state index is 12.9. The minimum atomic E-state index is -0.712. The van der Waals surface area contributed by atoms with Crippen LogP contribution in [-0.4, -0.2) is 10.0 Å². The van der Waals surface area contributed by atoms with E-state index >= 15 is 0 Å². The third-order valence-electron chi connectivity index (χ3n) is 2.78. The number of halogens is 1. The lowest BCUT2D eigenvalue weighted by atomic mass is 10.0. The van der Waals surface area contributed by atoms with Gasteiger partial charge in [-0.05, 0) is 35.4 Å². The van der Waals surface area contributed by atoms with Gasteiger partial charge in [-0.1, -0.05) is 18.2 Å². The third-order valence-corrected chi connectivity index (χ3v) is 2.78. The lowest BCUT2D eigenvalue weighted by Gasteiger charge is -2.01. The van der Waals surface area contributed by atoms with E-state index in [2.05, 4.69) is 0 Å². The highest BCUT2D eigenvalue weighted by molar-refractivity contribution is 5.89. The Hall–Kier alpha value is -3.20. The van der Waals surface area contributed by atoms with Gasteiger partial charge in [0.1, 0.15) is 5.82 Å². The van der Waals surface area contributed by atoms with Crippen molar-refractivity contribution in [3.05, 3.63) is 69.5 Å². The number of nitro benzene ring substituents is 1. The summed E-state index contributed by atoms with van der Waals surface area (Å²) in [5.41, 5.74) is 0.671. The van der Waals surface area contributed by atoms with E-state index in [9.17, 15) is 19.6 Å². The van der Waals surface area contributed by atoms with Crippen molar-refractivity contribution >= 4 is 17.3 Å². The van der Waals surface area contributed by atoms with Crippen LogP contribution in [-0.2, 0) is 0 Å². The van der Waals surface area contributed by atoms with Crippen molar-refractivity contribution in [3.63, 3.8) is 0 Å². The van der Waals surface area contributed by atoms with Gasteiger partial charge in [0.25, 0.3) is 0 Å². The summed E-state index contributed by atoms with van der Waals surface area (Å²) in [6.45, 7) is 0. The average Bonchev–Trinajstić information content (AvgIpc) is 2.47. The summed E-state index contributed by atoms with van der Waals surface area (Å²) >= 11 is 0. The molecule has 0 radical (unpaired) electrons. The van der Waals surface area contributed by atoms with E-state index in [1.165, 1.54) is 42.5 Å². The van der Waals surface area contributed by atoms with E-state index in [4.69, 9.17) is 5.26 Å². The summed E-state index contributed by atoms with van der Waals surface area (Å²) in [5, 5.41) is 29.3. The zero-order chi connectivity index (χ0) is 15.4. The van der Waals surface area contributed by atoms with Crippen LogP contribution >= 0.6 is 0 Å². The molecule has 0 heterocycles. The fourth-order valence-electron chi connectivity index (χ4n) is 1.75. The summed E-state index contributed by atoms with van der Waals surface area (Å²) in [5.74, 6) is -0.867. The van der Waals surface area contributed by atoms with Crippen LogP contribution in [0, 0.1) is 27.3 Å². The number of phenols is 1. The molecule has 0 aliphatic heterocycles. The second kappa shape index (κ2) is 5.84. The first-order valence-electron chi connectivity index (χ1n) is 5.86. The van der Waals surface area contributed by atoms with Gasteiger partial charge in [-0.15, -0.1) is 0 Å². The molecule has 0 aromatic heterocycles. The molecular formula is C15H9FN2O3. The van der Waals surface area contributed by atoms with Gasteiger partial charge in [0.2, 0.25) is 0 Å². The number of allylic oxidation sites excluding steroid dienone is 1. The Balaban J connectivity index is 2.46. The largest absolute Gasteiger partial charge is 0.502 e. The first kappa shape index (κ1) is 14.2. The van der Waals surface area contributed by atoms with Gasteiger partial charge in [0.05, 0.1) is 16.6 Å². The molecule has 0 unspecified atom stereocenters. The molecule has 0 bridgehead atoms. The molecular weight excluding hydrogens is 275 g/mol. The average molecular weight is 284 g/mol. The SMILES string of the molecule is N#CC(=Cc1ccc(O)c([N+](=O)[O-])c1)c1ccc(F)cc1. The van der Waals surface area contributed by atoms with E-state index in [1.807, 2.05) is 6.07 Å². The van der Waals surface area contributed by atoms with Gasteiger partial charge in [0, 0.05) is 6.07 Å². The zero-order valence-electron chi connectivity index (χ0n) is 10.7. The van der Waals surface area contributed by atoms with Crippen LogP contribution in [0.3, 0.4) is 0 Å². The number of aromatic hydroxyl groups is 1. The number of rotatable bonds is 3. The molecule has 104 valence electrons. The maximum absolute atomic E-state index is 12.9. The molecule has 0 saturated heterocycles. The Kier molecular flexibility index (Phi) is 3.95. The summed E-state index contributed by atoms with van der Waals surface area (Å²) in [4.78, 5) is 10.0. The topological polar surface area (TPSA) is 87.2 Å². The number of hydrogen-bond acceptors (Lipinski definition) is 4. The number of benzene rings is 2. The first-order valence-corrected chi connectivity index (χ1v) is 5.86. The van der Waals surface area contributed by atoms with Crippen LogP contribution in [0.5, 0.6) is 5.75 Å². The Morgan fingerprint density at radius 2 is 1.95 bits per heavy atom. The summed E-state index contributed by atoms with van der Waals surface area (Å²) in [7, 11) is 0. The van der Waals surface area contributed by atoms with Gasteiger partial charge < -0.3 is 5.11 Å². The van der Waals surface area contributed by atoms with Crippen LogP contribution in [0.25, 0.3) is 11.6 Å². The quantitative estimate of drug-likeness (QED) is 0.404. The van der Waals surface area contributed by atoms with Gasteiger partial charge in [-0.25, -0.2) is 4.39 Å². The third kappa shape index (κ3) is 3.22. The van der Waals surface area contributed by atoms with Crippen molar-refractivity contribution < 1.29 is 14.4 Å². The van der Waals surface area contributed by atoms with Crippen LogP contribution < -0.4 is 0 Å².